The van der Waals surface area contributed by atoms with Crippen LogP contribution in [0.4, 0.5) is 17.1 Å². The molecule has 23 heavy (non-hydrogen) atoms. The second-order valence-electron chi connectivity index (χ2n) is 5.67. The number of allylic oxidation sites excluding steroid dienone is 1. The molecule has 4 heteroatoms. The Morgan fingerprint density at radius 3 is 2.52 bits per heavy atom. The fraction of sp³-hybridized carbons (Fsp3) is 0.263. The van der Waals surface area contributed by atoms with E-state index in [2.05, 4.69) is 18.8 Å². The number of hydrogen-bond donors (Lipinski definition) is 2. The highest BCUT2D eigenvalue weighted by Gasteiger charge is 2.10. The van der Waals surface area contributed by atoms with Gasteiger partial charge in [-0.1, -0.05) is 54.8 Å². The molecule has 0 fully saturated rings. The summed E-state index contributed by atoms with van der Waals surface area (Å²) >= 11 is 12.5. The molecule has 0 amide bonds. The monoisotopic (exact) mass is 348 g/mol. The van der Waals surface area contributed by atoms with Crippen LogP contribution in [0.2, 0.25) is 10.0 Å². The summed E-state index contributed by atoms with van der Waals surface area (Å²) in [5.74, 6) is 0. The van der Waals surface area contributed by atoms with Crippen molar-refractivity contribution >= 4 is 40.3 Å². The molecule has 0 spiro atoms. The molecule has 0 saturated carbocycles. The van der Waals surface area contributed by atoms with Gasteiger partial charge < -0.3 is 11.1 Å². The number of para-hydroxylation sites is 1. The molecule has 0 aliphatic carbocycles. The topological polar surface area (TPSA) is 38.0 Å². The first-order valence-electron chi connectivity index (χ1n) is 7.77. The third-order valence-corrected chi connectivity index (χ3v) is 4.31. The predicted molar refractivity (Wildman–Crippen MR) is 103 cm³/mol. The van der Waals surface area contributed by atoms with Crippen LogP contribution in [0.25, 0.3) is 0 Å². The standard InChI is InChI=1S/C19H22Cl2N2/c1-3-4-6-13(2)11-14-12-15(22)9-10-18(14)23-19-16(20)7-5-8-17(19)21/h5,7-10,12,23H,2-4,6,11,22H2,1H3. The van der Waals surface area contributed by atoms with Crippen molar-refractivity contribution in [3.8, 4) is 0 Å². The molecule has 0 radical (unpaired) electrons. The van der Waals surface area contributed by atoms with Crippen molar-refractivity contribution in [3.05, 3.63) is 64.2 Å². The SMILES string of the molecule is C=C(CCCC)Cc1cc(N)ccc1Nc1c(Cl)cccc1Cl. The number of unbranched alkanes of at least 4 members (excludes halogenated alkanes) is 1. The normalized spacial score (nSPS) is 10.6. The zero-order valence-electron chi connectivity index (χ0n) is 13.3. The van der Waals surface area contributed by atoms with Crippen LogP contribution >= 0.6 is 23.2 Å². The summed E-state index contributed by atoms with van der Waals surface area (Å²) in [6.07, 6.45) is 4.13. The zero-order valence-corrected chi connectivity index (χ0v) is 14.8. The van der Waals surface area contributed by atoms with Crippen molar-refractivity contribution in [2.75, 3.05) is 11.1 Å². The van der Waals surface area contributed by atoms with E-state index in [-0.39, 0.29) is 0 Å². The van der Waals surface area contributed by atoms with Crippen molar-refractivity contribution < 1.29 is 0 Å². The van der Waals surface area contributed by atoms with Crippen molar-refractivity contribution in [1.82, 2.24) is 0 Å². The number of anilines is 3. The largest absolute Gasteiger partial charge is 0.399 e. The van der Waals surface area contributed by atoms with Crippen LogP contribution in [0.1, 0.15) is 31.7 Å². The Hall–Kier alpha value is -1.64. The van der Waals surface area contributed by atoms with E-state index in [0.717, 1.165) is 42.6 Å². The van der Waals surface area contributed by atoms with Crippen molar-refractivity contribution in [2.45, 2.75) is 32.6 Å². The molecular weight excluding hydrogens is 327 g/mol. The molecular formula is C19H22Cl2N2. The Bertz CT molecular complexity index is 676. The van der Waals surface area contributed by atoms with Crippen LogP contribution < -0.4 is 11.1 Å². The highest BCUT2D eigenvalue weighted by Crippen LogP contribution is 2.34. The van der Waals surface area contributed by atoms with Gasteiger partial charge in [0.25, 0.3) is 0 Å². The maximum atomic E-state index is 6.25. The maximum Gasteiger partial charge on any atom is 0.0762 e. The second-order valence-corrected chi connectivity index (χ2v) is 6.48. The van der Waals surface area contributed by atoms with Crippen LogP contribution in [0.3, 0.4) is 0 Å². The molecule has 0 aliphatic heterocycles. The lowest BCUT2D eigenvalue weighted by atomic mass is 9.99. The summed E-state index contributed by atoms with van der Waals surface area (Å²) in [5.41, 5.74) is 10.6. The van der Waals surface area contributed by atoms with Crippen molar-refractivity contribution in [2.24, 2.45) is 0 Å². The molecule has 2 rings (SSSR count). The Morgan fingerprint density at radius 2 is 1.87 bits per heavy atom. The lowest BCUT2D eigenvalue weighted by Gasteiger charge is -2.16. The average molecular weight is 349 g/mol. The van der Waals surface area contributed by atoms with Gasteiger partial charge in [-0.3, -0.25) is 0 Å². The zero-order chi connectivity index (χ0) is 16.8. The van der Waals surface area contributed by atoms with E-state index in [4.69, 9.17) is 28.9 Å². The Morgan fingerprint density at radius 1 is 1.17 bits per heavy atom. The van der Waals surface area contributed by atoms with Gasteiger partial charge in [-0.15, -0.1) is 0 Å². The molecule has 0 heterocycles. The van der Waals surface area contributed by atoms with Gasteiger partial charge in [0.1, 0.15) is 0 Å². The summed E-state index contributed by atoms with van der Waals surface area (Å²) in [5, 5.41) is 4.51. The van der Waals surface area contributed by atoms with Crippen LogP contribution in [0.15, 0.2) is 48.6 Å². The number of nitrogens with one attached hydrogen (secondary N) is 1. The Balaban J connectivity index is 2.26. The van der Waals surface area contributed by atoms with Gasteiger partial charge in [0, 0.05) is 11.4 Å². The van der Waals surface area contributed by atoms with Crippen LogP contribution in [0.5, 0.6) is 0 Å². The van der Waals surface area contributed by atoms with Gasteiger partial charge in [0.15, 0.2) is 0 Å². The molecule has 0 atom stereocenters. The lowest BCUT2D eigenvalue weighted by molar-refractivity contribution is 0.774. The highest BCUT2D eigenvalue weighted by atomic mass is 35.5. The third-order valence-electron chi connectivity index (χ3n) is 3.68. The molecule has 0 aliphatic rings. The molecule has 3 N–H and O–H groups in total. The summed E-state index contributed by atoms with van der Waals surface area (Å²) in [6, 6.07) is 11.2. The van der Waals surface area contributed by atoms with Crippen LogP contribution in [-0.4, -0.2) is 0 Å². The smallest absolute Gasteiger partial charge is 0.0762 e. The maximum absolute atomic E-state index is 6.25. The summed E-state index contributed by atoms with van der Waals surface area (Å²) in [6.45, 7) is 6.36. The van der Waals surface area contributed by atoms with Gasteiger partial charge in [0.2, 0.25) is 0 Å². The number of halogens is 2. The Labute approximate surface area is 148 Å². The second kappa shape index (κ2) is 8.28. The number of benzene rings is 2. The van der Waals surface area contributed by atoms with Crippen molar-refractivity contribution in [3.63, 3.8) is 0 Å². The molecule has 0 unspecified atom stereocenters. The molecule has 2 aromatic carbocycles. The third kappa shape index (κ3) is 4.92. The first-order chi connectivity index (χ1) is 11.0. The van der Waals surface area contributed by atoms with Gasteiger partial charge in [0.05, 0.1) is 15.7 Å². The van der Waals surface area contributed by atoms with E-state index in [1.165, 1.54) is 5.57 Å². The van der Waals surface area contributed by atoms with Crippen molar-refractivity contribution in [1.29, 1.82) is 0 Å². The number of hydrogen-bond acceptors (Lipinski definition) is 2. The fourth-order valence-electron chi connectivity index (χ4n) is 2.42. The fourth-order valence-corrected chi connectivity index (χ4v) is 2.91. The van der Waals surface area contributed by atoms with E-state index in [0.29, 0.717) is 15.7 Å². The molecule has 0 bridgehead atoms. The van der Waals surface area contributed by atoms with E-state index >= 15 is 0 Å². The molecule has 0 saturated heterocycles. The van der Waals surface area contributed by atoms with Gasteiger partial charge in [-0.2, -0.15) is 0 Å². The minimum Gasteiger partial charge on any atom is -0.399 e. The molecule has 2 aromatic rings. The average Bonchev–Trinajstić information content (AvgIpc) is 2.51. The van der Waals surface area contributed by atoms with Gasteiger partial charge in [-0.05, 0) is 55.2 Å². The summed E-state index contributed by atoms with van der Waals surface area (Å²) in [7, 11) is 0. The minimum atomic E-state index is 0.588. The quantitative estimate of drug-likeness (QED) is 0.436. The van der Waals surface area contributed by atoms with Gasteiger partial charge in [-0.25, -0.2) is 0 Å². The minimum absolute atomic E-state index is 0.588. The molecule has 0 aromatic heterocycles. The van der Waals surface area contributed by atoms with E-state index < -0.39 is 0 Å². The lowest BCUT2D eigenvalue weighted by Crippen LogP contribution is -2.00. The molecule has 2 nitrogen and oxygen atoms in total. The van der Waals surface area contributed by atoms with Crippen LogP contribution in [-0.2, 0) is 6.42 Å². The first kappa shape index (κ1) is 17.7. The predicted octanol–water partition coefficient (Wildman–Crippen LogP) is 6.61. The van der Waals surface area contributed by atoms with Gasteiger partial charge >= 0.3 is 0 Å². The number of rotatable bonds is 7. The van der Waals surface area contributed by atoms with E-state index in [9.17, 15) is 0 Å². The highest BCUT2D eigenvalue weighted by molar-refractivity contribution is 6.39. The Kier molecular flexibility index (Phi) is 6.37. The first-order valence-corrected chi connectivity index (χ1v) is 8.53. The summed E-state index contributed by atoms with van der Waals surface area (Å²) in [4.78, 5) is 0. The van der Waals surface area contributed by atoms with E-state index in [1.807, 2.05) is 36.4 Å². The van der Waals surface area contributed by atoms with E-state index in [1.54, 1.807) is 0 Å². The summed E-state index contributed by atoms with van der Waals surface area (Å²) < 4.78 is 0. The number of nitrogen functional groups attached to an aromatic ring is 1. The van der Waals surface area contributed by atoms with Crippen LogP contribution in [0, 0.1) is 0 Å². The number of nitrogens with two attached hydrogens (primary N) is 1. The molecule has 122 valence electrons.